The monoisotopic (exact) mass is 342 g/mol. The van der Waals surface area contributed by atoms with Crippen LogP contribution in [0.2, 0.25) is 0 Å². The Hall–Kier alpha value is -2.10. The van der Waals surface area contributed by atoms with Crippen molar-refractivity contribution < 1.29 is 9.53 Å². The van der Waals surface area contributed by atoms with Crippen molar-refractivity contribution in [1.82, 2.24) is 9.78 Å². The van der Waals surface area contributed by atoms with Crippen LogP contribution in [0.3, 0.4) is 0 Å². The van der Waals surface area contributed by atoms with E-state index >= 15 is 0 Å². The zero-order valence-corrected chi connectivity index (χ0v) is 16.0. The lowest BCUT2D eigenvalue weighted by molar-refractivity contribution is 0.0818. The second kappa shape index (κ2) is 9.40. The molecule has 2 aromatic rings. The van der Waals surface area contributed by atoms with Gasteiger partial charge in [-0.15, -0.1) is 0 Å². The number of hydrogen-bond acceptors (Lipinski definition) is 3. The van der Waals surface area contributed by atoms with Gasteiger partial charge in [0.25, 0.3) is 5.91 Å². The highest BCUT2D eigenvalue weighted by molar-refractivity contribution is 5.80. The first-order valence-electron chi connectivity index (χ1n) is 9.36. The maximum atomic E-state index is 12.5. The maximum absolute atomic E-state index is 12.5. The minimum absolute atomic E-state index is 0.00268. The standard InChI is InChI=1S/C21H30N2O2/c1-5-7-8-9-10-20-16(3)22-23(17(20)4)21(24)15-25-19-13-11-18(6-2)12-14-19/h11-14H,5-10,15H2,1-4H3. The van der Waals surface area contributed by atoms with Crippen LogP contribution in [-0.4, -0.2) is 22.3 Å². The molecule has 0 N–H and O–H groups in total. The van der Waals surface area contributed by atoms with Gasteiger partial charge in [0.1, 0.15) is 5.75 Å². The third kappa shape index (κ3) is 5.18. The Morgan fingerprint density at radius 2 is 1.80 bits per heavy atom. The van der Waals surface area contributed by atoms with Gasteiger partial charge in [-0.3, -0.25) is 4.79 Å². The molecule has 0 aliphatic heterocycles. The van der Waals surface area contributed by atoms with Gasteiger partial charge >= 0.3 is 0 Å². The lowest BCUT2D eigenvalue weighted by Crippen LogP contribution is -2.21. The Bertz CT molecular complexity index is 687. The van der Waals surface area contributed by atoms with Gasteiger partial charge in [0.15, 0.2) is 6.61 Å². The number of aromatic nitrogens is 2. The third-order valence-corrected chi connectivity index (χ3v) is 4.65. The lowest BCUT2D eigenvalue weighted by atomic mass is 10.0. The van der Waals surface area contributed by atoms with Gasteiger partial charge in [0.2, 0.25) is 0 Å². The number of benzene rings is 1. The fourth-order valence-electron chi connectivity index (χ4n) is 3.04. The Kier molecular flexibility index (Phi) is 7.23. The van der Waals surface area contributed by atoms with Crippen LogP contribution in [0.1, 0.15) is 66.8 Å². The number of aryl methyl sites for hydroxylation is 2. The van der Waals surface area contributed by atoms with Crippen molar-refractivity contribution in [1.29, 1.82) is 0 Å². The molecule has 0 amide bonds. The first kappa shape index (κ1) is 19.2. The quantitative estimate of drug-likeness (QED) is 0.609. The average Bonchev–Trinajstić information content (AvgIpc) is 2.91. The molecule has 25 heavy (non-hydrogen) atoms. The number of carbonyl (C=O) groups is 1. The van der Waals surface area contributed by atoms with Crippen LogP contribution in [0.5, 0.6) is 5.75 Å². The molecule has 1 aromatic carbocycles. The summed E-state index contributed by atoms with van der Waals surface area (Å²) in [5, 5.41) is 4.44. The van der Waals surface area contributed by atoms with Gasteiger partial charge in [0, 0.05) is 5.69 Å². The summed E-state index contributed by atoms with van der Waals surface area (Å²) in [6, 6.07) is 7.87. The van der Waals surface area contributed by atoms with E-state index in [1.807, 2.05) is 38.1 Å². The Balaban J connectivity index is 1.96. The van der Waals surface area contributed by atoms with E-state index in [9.17, 15) is 4.79 Å². The highest BCUT2D eigenvalue weighted by Gasteiger charge is 2.16. The number of ether oxygens (including phenoxy) is 1. The molecule has 4 heteroatoms. The number of carbonyl (C=O) groups excluding carboxylic acids is 1. The molecule has 1 aromatic heterocycles. The summed E-state index contributed by atoms with van der Waals surface area (Å²) in [5.41, 5.74) is 4.36. The third-order valence-electron chi connectivity index (χ3n) is 4.65. The van der Waals surface area contributed by atoms with Crippen LogP contribution >= 0.6 is 0 Å². The van der Waals surface area contributed by atoms with Crippen LogP contribution in [0.4, 0.5) is 0 Å². The molecule has 136 valence electrons. The molecule has 0 unspecified atom stereocenters. The molecule has 0 aliphatic carbocycles. The Labute approximate surface area is 151 Å². The van der Waals surface area contributed by atoms with E-state index < -0.39 is 0 Å². The summed E-state index contributed by atoms with van der Waals surface area (Å²) in [7, 11) is 0. The van der Waals surface area contributed by atoms with Crippen molar-refractivity contribution in [2.24, 2.45) is 0 Å². The van der Waals surface area contributed by atoms with E-state index in [1.165, 1.54) is 35.1 Å². The molecule has 0 fully saturated rings. The molecule has 1 heterocycles. The molecule has 0 spiro atoms. The number of nitrogens with zero attached hydrogens (tertiary/aromatic N) is 2. The van der Waals surface area contributed by atoms with Gasteiger partial charge in [-0.05, 0) is 56.4 Å². The number of hydrogen-bond donors (Lipinski definition) is 0. The fraction of sp³-hybridized carbons (Fsp3) is 0.524. The molecule has 0 atom stereocenters. The molecular weight excluding hydrogens is 312 g/mol. The van der Waals surface area contributed by atoms with Crippen molar-refractivity contribution in [3.8, 4) is 5.75 Å². The highest BCUT2D eigenvalue weighted by Crippen LogP contribution is 2.17. The first-order chi connectivity index (χ1) is 12.1. The summed E-state index contributed by atoms with van der Waals surface area (Å²) in [5.74, 6) is 0.590. The van der Waals surface area contributed by atoms with E-state index in [4.69, 9.17) is 4.74 Å². The zero-order chi connectivity index (χ0) is 18.2. The summed E-state index contributed by atoms with van der Waals surface area (Å²) < 4.78 is 7.13. The smallest absolute Gasteiger partial charge is 0.284 e. The van der Waals surface area contributed by atoms with Crippen LogP contribution in [-0.2, 0) is 12.8 Å². The minimum Gasteiger partial charge on any atom is -0.484 e. The second-order valence-electron chi connectivity index (χ2n) is 6.55. The van der Waals surface area contributed by atoms with Crippen molar-refractivity contribution in [2.45, 2.75) is 66.2 Å². The minimum atomic E-state index is -0.125. The lowest BCUT2D eigenvalue weighted by Gasteiger charge is -2.08. The Morgan fingerprint density at radius 1 is 1.08 bits per heavy atom. The number of unbranched alkanes of at least 4 members (excludes halogenated alkanes) is 3. The topological polar surface area (TPSA) is 44.1 Å². The van der Waals surface area contributed by atoms with Gasteiger partial charge in [-0.2, -0.15) is 5.10 Å². The van der Waals surface area contributed by atoms with Crippen LogP contribution < -0.4 is 4.74 Å². The van der Waals surface area contributed by atoms with Gasteiger partial charge < -0.3 is 4.74 Å². The predicted octanol–water partition coefficient (Wildman–Crippen LogP) is 4.90. The molecule has 0 saturated carbocycles. The molecule has 4 nitrogen and oxygen atoms in total. The predicted molar refractivity (Wildman–Crippen MR) is 101 cm³/mol. The van der Waals surface area contributed by atoms with Crippen molar-refractivity contribution in [2.75, 3.05) is 6.61 Å². The molecule has 0 saturated heterocycles. The second-order valence-corrected chi connectivity index (χ2v) is 6.55. The van der Waals surface area contributed by atoms with E-state index in [2.05, 4.69) is 18.9 Å². The van der Waals surface area contributed by atoms with Gasteiger partial charge in [-0.25, -0.2) is 4.68 Å². The van der Waals surface area contributed by atoms with E-state index in [1.54, 1.807) is 0 Å². The fourth-order valence-corrected chi connectivity index (χ4v) is 3.04. The molecule has 2 rings (SSSR count). The van der Waals surface area contributed by atoms with E-state index in [0.29, 0.717) is 5.75 Å². The number of rotatable bonds is 9. The van der Waals surface area contributed by atoms with E-state index in [0.717, 1.165) is 30.7 Å². The highest BCUT2D eigenvalue weighted by atomic mass is 16.5. The largest absolute Gasteiger partial charge is 0.484 e. The van der Waals surface area contributed by atoms with Crippen LogP contribution in [0.25, 0.3) is 0 Å². The first-order valence-corrected chi connectivity index (χ1v) is 9.36. The zero-order valence-electron chi connectivity index (χ0n) is 16.0. The van der Waals surface area contributed by atoms with Crippen molar-refractivity contribution >= 4 is 5.91 Å². The molecule has 0 radical (unpaired) electrons. The average molecular weight is 342 g/mol. The van der Waals surface area contributed by atoms with Crippen molar-refractivity contribution in [3.05, 3.63) is 46.8 Å². The maximum Gasteiger partial charge on any atom is 0.284 e. The van der Waals surface area contributed by atoms with E-state index in [-0.39, 0.29) is 12.5 Å². The Morgan fingerprint density at radius 3 is 2.44 bits per heavy atom. The molecule has 0 aliphatic rings. The van der Waals surface area contributed by atoms with Crippen molar-refractivity contribution in [3.63, 3.8) is 0 Å². The van der Waals surface area contributed by atoms with Crippen LogP contribution in [0, 0.1) is 13.8 Å². The summed E-state index contributed by atoms with van der Waals surface area (Å²) in [6.45, 7) is 8.28. The molecule has 0 bridgehead atoms. The summed E-state index contributed by atoms with van der Waals surface area (Å²) in [6.07, 6.45) is 6.85. The summed E-state index contributed by atoms with van der Waals surface area (Å²) in [4.78, 5) is 12.5. The summed E-state index contributed by atoms with van der Waals surface area (Å²) >= 11 is 0. The molecular formula is C21H30N2O2. The van der Waals surface area contributed by atoms with Crippen LogP contribution in [0.15, 0.2) is 24.3 Å². The van der Waals surface area contributed by atoms with Gasteiger partial charge in [0.05, 0.1) is 5.69 Å². The normalized spacial score (nSPS) is 10.9. The SMILES string of the molecule is CCCCCCc1c(C)nn(C(=O)COc2ccc(CC)cc2)c1C. The van der Waals surface area contributed by atoms with Gasteiger partial charge in [-0.1, -0.05) is 45.2 Å².